The van der Waals surface area contributed by atoms with E-state index < -0.39 is 34.9 Å². The highest BCUT2D eigenvalue weighted by Crippen LogP contribution is 2.34. The van der Waals surface area contributed by atoms with Crippen LogP contribution in [0.15, 0.2) is 48.5 Å². The van der Waals surface area contributed by atoms with Crippen molar-refractivity contribution < 1.29 is 19.1 Å². The Labute approximate surface area is 234 Å². The van der Waals surface area contributed by atoms with Crippen LogP contribution in [0.5, 0.6) is 0 Å². The Morgan fingerprint density at radius 1 is 0.821 bits per heavy atom. The molecule has 2 atom stereocenters. The summed E-state index contributed by atoms with van der Waals surface area (Å²) in [5, 5.41) is 5.91. The molecule has 2 unspecified atom stereocenters. The number of nitrogens with zero attached hydrogens (tertiary/aromatic N) is 1. The summed E-state index contributed by atoms with van der Waals surface area (Å²) in [5.41, 5.74) is 1.45. The van der Waals surface area contributed by atoms with E-state index in [-0.39, 0.29) is 18.2 Å². The van der Waals surface area contributed by atoms with Crippen LogP contribution in [0.4, 0.5) is 4.79 Å². The van der Waals surface area contributed by atoms with Crippen molar-refractivity contribution in [2.45, 2.75) is 111 Å². The molecule has 214 valence electrons. The minimum absolute atomic E-state index is 0.242. The van der Waals surface area contributed by atoms with Gasteiger partial charge in [-0.3, -0.25) is 9.59 Å². The van der Waals surface area contributed by atoms with Crippen LogP contribution >= 0.6 is 0 Å². The first-order valence-electron chi connectivity index (χ1n) is 13.5. The molecular formula is C32H47N3O4. The number of hydrogen-bond acceptors (Lipinski definition) is 4. The fraction of sp³-hybridized carbons (Fsp3) is 0.531. The van der Waals surface area contributed by atoms with E-state index in [4.69, 9.17) is 4.74 Å². The normalized spacial score (nSPS) is 13.7. The van der Waals surface area contributed by atoms with E-state index in [1.54, 1.807) is 25.7 Å². The molecule has 0 spiro atoms. The summed E-state index contributed by atoms with van der Waals surface area (Å²) in [4.78, 5) is 43.2. The minimum atomic E-state index is -0.962. The Balaban J connectivity index is 2.69. The van der Waals surface area contributed by atoms with Gasteiger partial charge in [0.1, 0.15) is 17.7 Å². The molecule has 0 radical (unpaired) electrons. The number of benzene rings is 2. The van der Waals surface area contributed by atoms with Crippen LogP contribution in [-0.2, 0) is 20.7 Å². The van der Waals surface area contributed by atoms with Crippen LogP contribution in [0.25, 0.3) is 0 Å². The molecule has 3 amide bonds. The minimum Gasteiger partial charge on any atom is -0.444 e. The molecule has 2 aromatic carbocycles. The summed E-state index contributed by atoms with van der Waals surface area (Å²) in [7, 11) is 0. The lowest BCUT2D eigenvalue weighted by atomic mass is 9.89. The molecule has 2 rings (SSSR count). The predicted octanol–water partition coefficient (Wildman–Crippen LogP) is 6.02. The van der Waals surface area contributed by atoms with Gasteiger partial charge in [0.05, 0.1) is 0 Å². The fourth-order valence-corrected chi connectivity index (χ4v) is 4.59. The number of ether oxygens (including phenoxy) is 1. The Kier molecular flexibility index (Phi) is 9.99. The van der Waals surface area contributed by atoms with E-state index in [0.29, 0.717) is 0 Å². The summed E-state index contributed by atoms with van der Waals surface area (Å²) in [6.07, 6.45) is -0.445. The molecule has 7 heteroatoms. The van der Waals surface area contributed by atoms with E-state index in [1.807, 2.05) is 104 Å². The summed E-state index contributed by atoms with van der Waals surface area (Å²) >= 11 is 0. The Bertz CT molecular complexity index is 1130. The van der Waals surface area contributed by atoms with Gasteiger partial charge < -0.3 is 20.3 Å². The van der Waals surface area contributed by atoms with Crippen molar-refractivity contribution in [3.8, 4) is 0 Å². The Morgan fingerprint density at radius 2 is 1.36 bits per heavy atom. The molecule has 0 fully saturated rings. The molecule has 0 saturated heterocycles. The molecule has 0 aliphatic carbocycles. The van der Waals surface area contributed by atoms with Crippen LogP contribution in [0, 0.1) is 13.8 Å². The molecule has 0 aliphatic heterocycles. The highest BCUT2D eigenvalue weighted by atomic mass is 16.6. The maximum absolute atomic E-state index is 14.6. The number of aryl methyl sites for hydroxylation is 2. The topological polar surface area (TPSA) is 87.7 Å². The molecule has 0 bridgehead atoms. The average molecular weight is 538 g/mol. The van der Waals surface area contributed by atoms with E-state index in [1.165, 1.54) is 0 Å². The van der Waals surface area contributed by atoms with Gasteiger partial charge in [0.15, 0.2) is 0 Å². The van der Waals surface area contributed by atoms with Gasteiger partial charge in [-0.2, -0.15) is 0 Å². The van der Waals surface area contributed by atoms with Crippen LogP contribution in [0.1, 0.15) is 90.6 Å². The third-order valence-electron chi connectivity index (χ3n) is 6.05. The molecule has 2 aromatic rings. The Hall–Kier alpha value is -3.35. The van der Waals surface area contributed by atoms with Crippen molar-refractivity contribution in [2.75, 3.05) is 0 Å². The number of hydrogen-bond donors (Lipinski definition) is 2. The van der Waals surface area contributed by atoms with E-state index in [2.05, 4.69) is 10.6 Å². The monoisotopic (exact) mass is 537 g/mol. The summed E-state index contributed by atoms with van der Waals surface area (Å²) in [6.45, 7) is 20.7. The number of alkyl carbamates (subject to hydrolysis) is 1. The second-order valence-electron chi connectivity index (χ2n) is 13.2. The summed E-state index contributed by atoms with van der Waals surface area (Å²) < 4.78 is 5.52. The van der Waals surface area contributed by atoms with Crippen molar-refractivity contribution in [3.05, 3.63) is 70.8 Å². The van der Waals surface area contributed by atoms with Gasteiger partial charge in [0, 0.05) is 17.5 Å². The molecule has 7 nitrogen and oxygen atoms in total. The van der Waals surface area contributed by atoms with Crippen LogP contribution in [0.3, 0.4) is 0 Å². The van der Waals surface area contributed by atoms with E-state index in [0.717, 1.165) is 22.3 Å². The third kappa shape index (κ3) is 9.41. The van der Waals surface area contributed by atoms with Crippen LogP contribution < -0.4 is 10.6 Å². The van der Waals surface area contributed by atoms with Crippen LogP contribution in [-0.4, -0.2) is 45.5 Å². The van der Waals surface area contributed by atoms with Gasteiger partial charge in [-0.1, -0.05) is 48.5 Å². The average Bonchev–Trinajstić information content (AvgIpc) is 2.75. The number of amides is 3. The first-order valence-corrected chi connectivity index (χ1v) is 13.5. The number of carbonyl (C=O) groups excluding carboxylic acids is 3. The van der Waals surface area contributed by atoms with Crippen molar-refractivity contribution >= 4 is 17.9 Å². The summed E-state index contributed by atoms with van der Waals surface area (Å²) in [5.74, 6) is -0.646. The maximum Gasteiger partial charge on any atom is 0.408 e. The van der Waals surface area contributed by atoms with E-state index >= 15 is 0 Å². The zero-order valence-electron chi connectivity index (χ0n) is 25.6. The number of carbonyl (C=O) groups is 3. The molecule has 0 aromatic heterocycles. The smallest absolute Gasteiger partial charge is 0.408 e. The number of rotatable bonds is 7. The fourth-order valence-electron chi connectivity index (χ4n) is 4.59. The molecule has 2 N–H and O–H groups in total. The highest BCUT2D eigenvalue weighted by molar-refractivity contribution is 5.93. The molecule has 0 aliphatic rings. The van der Waals surface area contributed by atoms with Crippen molar-refractivity contribution in [2.24, 2.45) is 0 Å². The Morgan fingerprint density at radius 3 is 1.82 bits per heavy atom. The van der Waals surface area contributed by atoms with Gasteiger partial charge in [-0.15, -0.1) is 0 Å². The zero-order chi connectivity index (χ0) is 29.8. The maximum atomic E-state index is 14.6. The van der Waals surface area contributed by atoms with Gasteiger partial charge >= 0.3 is 6.09 Å². The quantitative estimate of drug-likeness (QED) is 0.452. The van der Waals surface area contributed by atoms with Crippen molar-refractivity contribution in [1.29, 1.82) is 0 Å². The van der Waals surface area contributed by atoms with Crippen LogP contribution in [0.2, 0.25) is 0 Å². The first kappa shape index (κ1) is 31.9. The lowest BCUT2D eigenvalue weighted by molar-refractivity contribution is -0.149. The summed E-state index contributed by atoms with van der Waals surface area (Å²) in [6, 6.07) is 13.5. The van der Waals surface area contributed by atoms with Gasteiger partial charge in [0.25, 0.3) is 0 Å². The molecule has 0 saturated carbocycles. The second-order valence-corrected chi connectivity index (χ2v) is 13.2. The molecular weight excluding hydrogens is 490 g/mol. The SMILES string of the molecule is Cc1cccc(C)c1C(C(=O)NC(C)(C)C)N(C(=O)C(Cc1ccccc1)NC(=O)OC(C)(C)C)C(C)(C)C. The van der Waals surface area contributed by atoms with Gasteiger partial charge in [-0.25, -0.2) is 4.79 Å². The van der Waals surface area contributed by atoms with Crippen molar-refractivity contribution in [3.63, 3.8) is 0 Å². The standard InChI is InChI=1S/C32H47N3O4/c1-21-16-15-17-22(2)25(21)26(27(36)34-30(3,4)5)35(31(6,7)8)28(37)24(20-23-18-13-12-14-19-23)33-29(38)39-32(9,10)11/h12-19,24,26H,20H2,1-11H3,(H,33,38)(H,34,36). The third-order valence-corrected chi connectivity index (χ3v) is 6.05. The second kappa shape index (κ2) is 12.2. The van der Waals surface area contributed by atoms with E-state index in [9.17, 15) is 14.4 Å². The lowest BCUT2D eigenvalue weighted by Crippen LogP contribution is -2.60. The predicted molar refractivity (Wildman–Crippen MR) is 156 cm³/mol. The highest BCUT2D eigenvalue weighted by Gasteiger charge is 2.43. The van der Waals surface area contributed by atoms with Gasteiger partial charge in [0.2, 0.25) is 11.8 Å². The van der Waals surface area contributed by atoms with Crippen molar-refractivity contribution in [1.82, 2.24) is 15.5 Å². The van der Waals surface area contributed by atoms with Gasteiger partial charge in [-0.05, 0) is 98.4 Å². The lowest BCUT2D eigenvalue weighted by Gasteiger charge is -2.44. The molecule has 39 heavy (non-hydrogen) atoms. The largest absolute Gasteiger partial charge is 0.444 e. The molecule has 0 heterocycles. The zero-order valence-corrected chi connectivity index (χ0v) is 25.6. The first-order chi connectivity index (χ1) is 17.8. The number of nitrogens with one attached hydrogen (secondary N) is 2.